The predicted molar refractivity (Wildman–Crippen MR) is 82.6 cm³/mol. The molecule has 1 aliphatic rings. The summed E-state index contributed by atoms with van der Waals surface area (Å²) in [5.74, 6) is 0.471. The molecule has 1 aliphatic heterocycles. The molecule has 1 N–H and O–H groups in total. The van der Waals surface area contributed by atoms with Crippen LogP contribution in [0.3, 0.4) is 0 Å². The van der Waals surface area contributed by atoms with Crippen molar-refractivity contribution in [3.8, 4) is 0 Å². The Balaban J connectivity index is 2.27. The van der Waals surface area contributed by atoms with Crippen LogP contribution >= 0.6 is 0 Å². The third kappa shape index (κ3) is 3.24. The normalized spacial score (nSPS) is 14.8. The van der Waals surface area contributed by atoms with Crippen LogP contribution in [0.25, 0.3) is 0 Å². The number of nitrogens with zero attached hydrogens (tertiary/aromatic N) is 1. The van der Waals surface area contributed by atoms with Crippen LogP contribution in [0.1, 0.15) is 46.1 Å². The lowest BCUT2D eigenvalue weighted by Gasteiger charge is -2.32. The van der Waals surface area contributed by atoms with Crippen molar-refractivity contribution in [2.45, 2.75) is 46.1 Å². The van der Waals surface area contributed by atoms with Crippen molar-refractivity contribution >= 4 is 17.5 Å². The van der Waals surface area contributed by atoms with Gasteiger partial charge in [-0.15, -0.1) is 0 Å². The Morgan fingerprint density at radius 3 is 2.65 bits per heavy atom. The molecule has 0 spiro atoms. The molecule has 0 radical (unpaired) electrons. The van der Waals surface area contributed by atoms with Crippen molar-refractivity contribution in [2.75, 3.05) is 23.3 Å². The molecule has 4 heteroatoms. The number of carbonyl (C=O) groups excluding carboxylic acids is 1. The number of anilines is 2. The van der Waals surface area contributed by atoms with Gasteiger partial charge in [0.15, 0.2) is 0 Å². The number of hydrogen-bond acceptors (Lipinski definition) is 3. The fraction of sp³-hybridized carbons (Fsp3) is 0.562. The summed E-state index contributed by atoms with van der Waals surface area (Å²) in [6.45, 7) is 11.4. The first-order chi connectivity index (χ1) is 9.28. The Morgan fingerprint density at radius 1 is 1.35 bits per heavy atom. The van der Waals surface area contributed by atoms with Gasteiger partial charge in [-0.05, 0) is 44.4 Å². The molecule has 4 nitrogen and oxygen atoms in total. The van der Waals surface area contributed by atoms with Crippen molar-refractivity contribution in [3.05, 3.63) is 23.8 Å². The minimum Gasteiger partial charge on any atom is -0.443 e. The van der Waals surface area contributed by atoms with Gasteiger partial charge in [0.05, 0.1) is 11.4 Å². The summed E-state index contributed by atoms with van der Waals surface area (Å²) in [7, 11) is 0. The molecule has 0 bridgehead atoms. The van der Waals surface area contributed by atoms with Crippen LogP contribution < -0.4 is 10.2 Å². The SMILES string of the molecule is CC(C)c1ccc2c(c1)NCCN2C(=O)OC(C)(C)C. The molecule has 0 saturated carbocycles. The summed E-state index contributed by atoms with van der Waals surface area (Å²) >= 11 is 0. The topological polar surface area (TPSA) is 41.6 Å². The molecule has 0 unspecified atom stereocenters. The number of carbonyl (C=O) groups is 1. The molecular weight excluding hydrogens is 252 g/mol. The van der Waals surface area contributed by atoms with Gasteiger partial charge >= 0.3 is 6.09 Å². The zero-order chi connectivity index (χ0) is 14.9. The van der Waals surface area contributed by atoms with Gasteiger partial charge in [0.25, 0.3) is 0 Å². The molecule has 110 valence electrons. The van der Waals surface area contributed by atoms with Crippen molar-refractivity contribution in [1.29, 1.82) is 0 Å². The fourth-order valence-corrected chi connectivity index (χ4v) is 2.22. The lowest BCUT2D eigenvalue weighted by molar-refractivity contribution is 0.0581. The van der Waals surface area contributed by atoms with Gasteiger partial charge in [-0.1, -0.05) is 19.9 Å². The molecular formula is C16H24N2O2. The van der Waals surface area contributed by atoms with E-state index in [1.807, 2.05) is 26.8 Å². The number of ether oxygens (including phenoxy) is 1. The first kappa shape index (κ1) is 14.7. The number of nitrogens with one attached hydrogen (secondary N) is 1. The van der Waals surface area contributed by atoms with Crippen LogP contribution in [0.5, 0.6) is 0 Å². The third-order valence-electron chi connectivity index (χ3n) is 3.24. The first-order valence-corrected chi connectivity index (χ1v) is 7.16. The second kappa shape index (κ2) is 5.35. The van der Waals surface area contributed by atoms with Crippen LogP contribution in [-0.4, -0.2) is 24.8 Å². The molecule has 0 aromatic heterocycles. The summed E-state index contributed by atoms with van der Waals surface area (Å²) in [5, 5.41) is 3.36. The quantitative estimate of drug-likeness (QED) is 0.843. The average Bonchev–Trinajstić information content (AvgIpc) is 2.35. The van der Waals surface area contributed by atoms with E-state index in [-0.39, 0.29) is 6.09 Å². The Labute approximate surface area is 121 Å². The van der Waals surface area contributed by atoms with Gasteiger partial charge in [0.1, 0.15) is 5.60 Å². The van der Waals surface area contributed by atoms with E-state index in [2.05, 4.69) is 31.3 Å². The van der Waals surface area contributed by atoms with E-state index in [1.54, 1.807) is 4.90 Å². The van der Waals surface area contributed by atoms with E-state index >= 15 is 0 Å². The van der Waals surface area contributed by atoms with Crippen molar-refractivity contribution in [2.24, 2.45) is 0 Å². The van der Waals surface area contributed by atoms with Crippen molar-refractivity contribution in [3.63, 3.8) is 0 Å². The molecule has 2 rings (SSSR count). The number of rotatable bonds is 1. The predicted octanol–water partition coefficient (Wildman–Crippen LogP) is 3.98. The zero-order valence-corrected chi connectivity index (χ0v) is 13.0. The molecule has 1 amide bonds. The first-order valence-electron chi connectivity index (χ1n) is 7.16. The van der Waals surface area contributed by atoms with Crippen molar-refractivity contribution < 1.29 is 9.53 Å². The van der Waals surface area contributed by atoms with Gasteiger partial charge < -0.3 is 10.1 Å². The maximum absolute atomic E-state index is 12.3. The molecule has 0 aliphatic carbocycles. The van der Waals surface area contributed by atoms with E-state index < -0.39 is 5.60 Å². The van der Waals surface area contributed by atoms with Crippen LogP contribution in [0.4, 0.5) is 16.2 Å². The molecule has 1 aromatic carbocycles. The summed E-state index contributed by atoms with van der Waals surface area (Å²) < 4.78 is 5.47. The lowest BCUT2D eigenvalue weighted by atomic mass is 10.0. The standard InChI is InChI=1S/C16H24N2O2/c1-11(2)12-6-7-14-13(10-12)17-8-9-18(14)15(19)20-16(3,4)5/h6-7,10-11,17H,8-9H2,1-5H3. The van der Waals surface area contributed by atoms with E-state index in [1.165, 1.54) is 5.56 Å². The largest absolute Gasteiger partial charge is 0.443 e. The molecule has 1 aromatic rings. The second-order valence-corrected chi connectivity index (χ2v) is 6.49. The van der Waals surface area contributed by atoms with Crippen LogP contribution in [0.2, 0.25) is 0 Å². The van der Waals surface area contributed by atoms with Gasteiger partial charge in [0, 0.05) is 13.1 Å². The Bertz CT molecular complexity index is 504. The monoisotopic (exact) mass is 276 g/mol. The number of hydrogen-bond donors (Lipinski definition) is 1. The second-order valence-electron chi connectivity index (χ2n) is 6.49. The molecule has 1 heterocycles. The van der Waals surface area contributed by atoms with E-state index in [0.717, 1.165) is 17.9 Å². The molecule has 0 fully saturated rings. The highest BCUT2D eigenvalue weighted by Crippen LogP contribution is 2.33. The Morgan fingerprint density at radius 2 is 2.05 bits per heavy atom. The summed E-state index contributed by atoms with van der Waals surface area (Å²) in [6, 6.07) is 6.20. The number of fused-ring (bicyclic) bond motifs is 1. The summed E-state index contributed by atoms with van der Waals surface area (Å²) in [6.07, 6.45) is -0.280. The molecule has 20 heavy (non-hydrogen) atoms. The van der Waals surface area contributed by atoms with E-state index in [4.69, 9.17) is 4.74 Å². The zero-order valence-electron chi connectivity index (χ0n) is 13.0. The lowest BCUT2D eigenvalue weighted by Crippen LogP contribution is -2.42. The van der Waals surface area contributed by atoms with Crippen molar-refractivity contribution in [1.82, 2.24) is 0 Å². The van der Waals surface area contributed by atoms with E-state index in [9.17, 15) is 4.79 Å². The number of benzene rings is 1. The summed E-state index contributed by atoms with van der Waals surface area (Å²) in [5.41, 5.74) is 2.70. The highest BCUT2D eigenvalue weighted by Gasteiger charge is 2.27. The van der Waals surface area contributed by atoms with Gasteiger partial charge in [-0.3, -0.25) is 4.90 Å². The molecule has 0 saturated heterocycles. The number of amides is 1. The minimum absolute atomic E-state index is 0.280. The molecule has 0 atom stereocenters. The smallest absolute Gasteiger partial charge is 0.414 e. The minimum atomic E-state index is -0.472. The van der Waals surface area contributed by atoms with Crippen LogP contribution in [0, 0.1) is 0 Å². The van der Waals surface area contributed by atoms with Gasteiger partial charge in [-0.25, -0.2) is 4.79 Å². The van der Waals surface area contributed by atoms with Crippen LogP contribution in [0.15, 0.2) is 18.2 Å². The third-order valence-corrected chi connectivity index (χ3v) is 3.24. The Hall–Kier alpha value is -1.71. The van der Waals surface area contributed by atoms with Gasteiger partial charge in [-0.2, -0.15) is 0 Å². The summed E-state index contributed by atoms with van der Waals surface area (Å²) in [4.78, 5) is 14.0. The average molecular weight is 276 g/mol. The van der Waals surface area contributed by atoms with Crippen LogP contribution in [-0.2, 0) is 4.74 Å². The maximum atomic E-state index is 12.3. The van der Waals surface area contributed by atoms with Gasteiger partial charge in [0.2, 0.25) is 0 Å². The maximum Gasteiger partial charge on any atom is 0.414 e. The Kier molecular flexibility index (Phi) is 3.93. The van der Waals surface area contributed by atoms with E-state index in [0.29, 0.717) is 12.5 Å². The fourth-order valence-electron chi connectivity index (χ4n) is 2.22. The highest BCUT2D eigenvalue weighted by atomic mass is 16.6. The highest BCUT2D eigenvalue weighted by molar-refractivity contribution is 5.93.